The van der Waals surface area contributed by atoms with Crippen molar-refractivity contribution in [1.29, 1.82) is 0 Å². The molecule has 1 unspecified atom stereocenters. The summed E-state index contributed by atoms with van der Waals surface area (Å²) in [4.78, 5) is 0. The Balaban J connectivity index is 1.40. The van der Waals surface area contributed by atoms with E-state index in [0.29, 0.717) is 5.92 Å². The van der Waals surface area contributed by atoms with Gasteiger partial charge < -0.3 is 5.32 Å². The summed E-state index contributed by atoms with van der Waals surface area (Å²) in [5.74, 6) is 9.78. The molecule has 0 aliphatic carbocycles. The highest BCUT2D eigenvalue weighted by atomic mass is 32.2. The number of fused-ring (bicyclic) bond motifs is 1. The van der Waals surface area contributed by atoms with Crippen molar-refractivity contribution in [2.45, 2.75) is 36.7 Å². The van der Waals surface area contributed by atoms with Gasteiger partial charge in [-0.1, -0.05) is 55.3 Å². The summed E-state index contributed by atoms with van der Waals surface area (Å²) in [7, 11) is 0. The molecule has 1 heterocycles. The fraction of sp³-hybridized carbons (Fsp3) is 0.455. The Morgan fingerprint density at radius 2 is 1.88 bits per heavy atom. The lowest BCUT2D eigenvalue weighted by Gasteiger charge is -2.19. The lowest BCUT2D eigenvalue weighted by Crippen LogP contribution is -2.20. The van der Waals surface area contributed by atoms with Crippen molar-refractivity contribution < 1.29 is 0 Å². The average molecular weight is 370 g/mol. The van der Waals surface area contributed by atoms with Gasteiger partial charge in [-0.05, 0) is 46.6 Å². The van der Waals surface area contributed by atoms with Gasteiger partial charge in [0, 0.05) is 13.0 Å². The molecule has 3 rings (SSSR count). The lowest BCUT2D eigenvalue weighted by atomic mass is 9.95. The van der Waals surface area contributed by atoms with Gasteiger partial charge in [0.2, 0.25) is 0 Å². The zero-order valence-electron chi connectivity index (χ0n) is 15.0. The van der Waals surface area contributed by atoms with Crippen molar-refractivity contribution in [1.82, 2.24) is 5.32 Å². The summed E-state index contributed by atoms with van der Waals surface area (Å²) in [6.07, 6.45) is 3.64. The third-order valence-corrected chi connectivity index (χ3v) is 7.62. The molecule has 1 aliphatic heterocycles. The van der Waals surface area contributed by atoms with Crippen LogP contribution in [0.2, 0.25) is 0 Å². The van der Waals surface area contributed by atoms with Crippen molar-refractivity contribution in [3.8, 4) is 11.8 Å². The fourth-order valence-corrected chi connectivity index (χ4v) is 6.05. The lowest BCUT2D eigenvalue weighted by molar-refractivity contribution is 0.659. The van der Waals surface area contributed by atoms with Crippen molar-refractivity contribution in [2.24, 2.45) is 0 Å². The summed E-state index contributed by atoms with van der Waals surface area (Å²) in [6, 6.07) is 15.2. The number of benzene rings is 2. The molecule has 2 aromatic carbocycles. The summed E-state index contributed by atoms with van der Waals surface area (Å²) >= 11 is 4.23. The smallest absolute Gasteiger partial charge is 0.0576 e. The van der Waals surface area contributed by atoms with E-state index < -0.39 is 0 Å². The van der Waals surface area contributed by atoms with Gasteiger partial charge in [0.25, 0.3) is 0 Å². The second-order valence-electron chi connectivity index (χ2n) is 6.52. The monoisotopic (exact) mass is 369 g/mol. The van der Waals surface area contributed by atoms with Crippen LogP contribution in [0.4, 0.5) is 0 Å². The van der Waals surface area contributed by atoms with Crippen LogP contribution in [0.1, 0.15) is 37.7 Å². The average Bonchev–Trinajstić information content (AvgIpc) is 2.67. The van der Waals surface area contributed by atoms with Gasteiger partial charge in [0.15, 0.2) is 0 Å². The second-order valence-corrected chi connectivity index (χ2v) is 9.44. The first-order valence-corrected chi connectivity index (χ1v) is 11.3. The Morgan fingerprint density at radius 3 is 2.76 bits per heavy atom. The molecule has 0 radical (unpaired) electrons. The Labute approximate surface area is 160 Å². The van der Waals surface area contributed by atoms with E-state index >= 15 is 0 Å². The van der Waals surface area contributed by atoms with E-state index in [1.165, 1.54) is 40.7 Å². The first kappa shape index (κ1) is 18.7. The van der Waals surface area contributed by atoms with Gasteiger partial charge in [0.05, 0.1) is 11.1 Å². The molecule has 1 aliphatic rings. The maximum Gasteiger partial charge on any atom is 0.0576 e. The Hall–Kier alpha value is -1.08. The Bertz CT molecular complexity index is 720. The molecular weight excluding hydrogens is 342 g/mol. The van der Waals surface area contributed by atoms with Gasteiger partial charge in [0.1, 0.15) is 0 Å². The number of thioether (sulfide) groups is 2. The standard InChI is InChI=1S/C22H27NS2/c1-18(20-12-7-10-19-9-4-5-11-21(19)20)17-23-14-6-2-3-13-22-24-15-8-16-25-22/h4-5,7,9-12,18,22-23H,3,8,13-17H2,1H3. The SMILES string of the molecule is CC(CNCC#CCCC1SCCCS1)c1cccc2ccccc12. The highest BCUT2D eigenvalue weighted by molar-refractivity contribution is 8.17. The van der Waals surface area contributed by atoms with E-state index in [2.05, 4.69) is 90.1 Å². The molecule has 1 N–H and O–H groups in total. The topological polar surface area (TPSA) is 12.0 Å². The van der Waals surface area contributed by atoms with Crippen molar-refractivity contribution in [2.75, 3.05) is 24.6 Å². The third-order valence-electron chi connectivity index (χ3n) is 4.54. The normalized spacial score (nSPS) is 16.4. The molecule has 0 aromatic heterocycles. The van der Waals surface area contributed by atoms with Crippen molar-refractivity contribution in [3.63, 3.8) is 0 Å². The minimum absolute atomic E-state index is 0.489. The van der Waals surface area contributed by atoms with E-state index in [-0.39, 0.29) is 0 Å². The molecule has 0 amide bonds. The van der Waals surface area contributed by atoms with E-state index in [9.17, 15) is 0 Å². The zero-order chi connectivity index (χ0) is 17.3. The number of nitrogens with one attached hydrogen (secondary N) is 1. The van der Waals surface area contributed by atoms with Crippen LogP contribution in [-0.2, 0) is 0 Å². The predicted molar refractivity (Wildman–Crippen MR) is 116 cm³/mol. The molecule has 0 spiro atoms. The number of hydrogen-bond donors (Lipinski definition) is 1. The maximum atomic E-state index is 3.50. The number of rotatable bonds is 6. The summed E-state index contributed by atoms with van der Waals surface area (Å²) in [5.41, 5.74) is 1.42. The van der Waals surface area contributed by atoms with E-state index in [1.54, 1.807) is 0 Å². The second kappa shape index (κ2) is 10.2. The summed E-state index contributed by atoms with van der Waals surface area (Å²) in [6.45, 7) is 4.05. The molecular formula is C22H27NS2. The quantitative estimate of drug-likeness (QED) is 0.532. The van der Waals surface area contributed by atoms with Crippen molar-refractivity contribution >= 4 is 34.3 Å². The van der Waals surface area contributed by atoms with Crippen LogP contribution in [-0.4, -0.2) is 29.2 Å². The first-order valence-electron chi connectivity index (χ1n) is 9.22. The predicted octanol–water partition coefficient (Wildman–Crippen LogP) is 5.51. The first-order chi connectivity index (χ1) is 12.3. The van der Waals surface area contributed by atoms with Crippen LogP contribution in [0.15, 0.2) is 42.5 Å². The molecule has 1 fully saturated rings. The Kier molecular flexibility index (Phi) is 7.60. The molecule has 0 bridgehead atoms. The molecule has 25 heavy (non-hydrogen) atoms. The molecule has 132 valence electrons. The molecule has 0 saturated carbocycles. The molecule has 1 atom stereocenters. The van der Waals surface area contributed by atoms with Crippen LogP contribution in [0.25, 0.3) is 10.8 Å². The molecule has 1 nitrogen and oxygen atoms in total. The highest BCUT2D eigenvalue weighted by Crippen LogP contribution is 2.33. The molecule has 3 heteroatoms. The van der Waals surface area contributed by atoms with Gasteiger partial charge in [-0.25, -0.2) is 0 Å². The summed E-state index contributed by atoms with van der Waals surface area (Å²) in [5, 5.41) is 6.20. The van der Waals surface area contributed by atoms with Crippen LogP contribution in [0.5, 0.6) is 0 Å². The van der Waals surface area contributed by atoms with Crippen LogP contribution < -0.4 is 5.32 Å². The Morgan fingerprint density at radius 1 is 1.08 bits per heavy atom. The minimum Gasteiger partial charge on any atom is -0.306 e. The van der Waals surface area contributed by atoms with Crippen LogP contribution in [0, 0.1) is 11.8 Å². The maximum absolute atomic E-state index is 3.50. The van der Waals surface area contributed by atoms with Gasteiger partial charge in [-0.2, -0.15) is 0 Å². The zero-order valence-corrected chi connectivity index (χ0v) is 16.6. The molecule has 1 saturated heterocycles. The van der Waals surface area contributed by atoms with Crippen LogP contribution in [0.3, 0.4) is 0 Å². The largest absolute Gasteiger partial charge is 0.306 e. The highest BCUT2D eigenvalue weighted by Gasteiger charge is 2.12. The van der Waals surface area contributed by atoms with E-state index in [1.807, 2.05) is 0 Å². The van der Waals surface area contributed by atoms with E-state index in [0.717, 1.165) is 24.1 Å². The van der Waals surface area contributed by atoms with Gasteiger partial charge >= 0.3 is 0 Å². The van der Waals surface area contributed by atoms with E-state index in [4.69, 9.17) is 0 Å². The van der Waals surface area contributed by atoms with Gasteiger partial charge in [-0.15, -0.1) is 29.4 Å². The minimum atomic E-state index is 0.489. The molecule has 2 aromatic rings. The third kappa shape index (κ3) is 5.71. The van der Waals surface area contributed by atoms with Gasteiger partial charge in [-0.3, -0.25) is 0 Å². The van der Waals surface area contributed by atoms with Crippen molar-refractivity contribution in [3.05, 3.63) is 48.0 Å². The van der Waals surface area contributed by atoms with Crippen LogP contribution >= 0.6 is 23.5 Å². The summed E-state index contributed by atoms with van der Waals surface area (Å²) < 4.78 is 0.780. The fourth-order valence-electron chi connectivity index (χ4n) is 3.19. The number of hydrogen-bond acceptors (Lipinski definition) is 3.